The second-order valence-electron chi connectivity index (χ2n) is 6.85. The summed E-state index contributed by atoms with van der Waals surface area (Å²) in [6.45, 7) is 2.17. The quantitative estimate of drug-likeness (QED) is 0.738. The van der Waals surface area contributed by atoms with E-state index in [2.05, 4.69) is 0 Å². The Kier molecular flexibility index (Phi) is 7.17. The number of benzene rings is 2. The van der Waals surface area contributed by atoms with Gasteiger partial charge in [0.1, 0.15) is 18.8 Å². The zero-order valence-corrected chi connectivity index (χ0v) is 16.1. The summed E-state index contributed by atoms with van der Waals surface area (Å²) in [5, 5.41) is 10.8. The van der Waals surface area contributed by atoms with Gasteiger partial charge in [0, 0.05) is 13.0 Å². The second kappa shape index (κ2) is 9.80. The van der Waals surface area contributed by atoms with Crippen molar-refractivity contribution in [2.45, 2.75) is 38.1 Å². The molecule has 1 N–H and O–H groups in total. The Balaban J connectivity index is 1.63. The molecule has 1 aliphatic heterocycles. The Morgan fingerprint density at radius 1 is 1.07 bits per heavy atom. The van der Waals surface area contributed by atoms with Crippen molar-refractivity contribution in [3.8, 4) is 0 Å². The van der Waals surface area contributed by atoms with E-state index in [1.807, 2.05) is 43.3 Å². The number of carbonyl (C=O) groups is 1. The zero-order chi connectivity index (χ0) is 19.9. The average Bonchev–Trinajstić information content (AvgIpc) is 2.74. The van der Waals surface area contributed by atoms with Gasteiger partial charge in [-0.25, -0.2) is 4.79 Å². The third-order valence-corrected chi connectivity index (χ3v) is 4.88. The van der Waals surface area contributed by atoms with Crippen LogP contribution in [0.4, 0.5) is 0 Å². The first-order valence-corrected chi connectivity index (χ1v) is 9.34. The van der Waals surface area contributed by atoms with Crippen LogP contribution < -0.4 is 0 Å². The van der Waals surface area contributed by atoms with Crippen LogP contribution in [-0.2, 0) is 25.6 Å². The summed E-state index contributed by atoms with van der Waals surface area (Å²) in [6, 6.07) is 18.4. The molecule has 0 amide bonds. The smallest absolute Gasteiger partial charge is 0.338 e. The molecule has 1 heterocycles. The molecule has 0 aromatic heterocycles. The van der Waals surface area contributed by atoms with Gasteiger partial charge < -0.3 is 24.1 Å². The van der Waals surface area contributed by atoms with Crippen molar-refractivity contribution in [2.24, 2.45) is 5.92 Å². The summed E-state index contributed by atoms with van der Waals surface area (Å²) < 4.78 is 22.5. The first-order valence-electron chi connectivity index (χ1n) is 9.34. The van der Waals surface area contributed by atoms with E-state index < -0.39 is 30.6 Å². The van der Waals surface area contributed by atoms with Crippen molar-refractivity contribution in [1.29, 1.82) is 0 Å². The molecule has 5 atom stereocenters. The molecule has 0 spiro atoms. The van der Waals surface area contributed by atoms with Gasteiger partial charge >= 0.3 is 5.97 Å². The van der Waals surface area contributed by atoms with Gasteiger partial charge in [0.25, 0.3) is 0 Å². The van der Waals surface area contributed by atoms with Crippen LogP contribution in [0, 0.1) is 5.92 Å². The van der Waals surface area contributed by atoms with Crippen molar-refractivity contribution >= 4 is 5.97 Å². The standard InChI is InChI=1S/C22H26O6/c1-15-20(26-13-16-9-5-3-6-10-16)19(23)18(28-22(15)25-2)14-27-21(24)17-11-7-4-8-12-17/h3-12,15,18-20,22-23H,13-14H2,1-2H3/t15?,18?,19-,20+,22+/m0/s1. The molecular formula is C22H26O6. The highest BCUT2D eigenvalue weighted by Gasteiger charge is 2.44. The Morgan fingerprint density at radius 3 is 2.36 bits per heavy atom. The van der Waals surface area contributed by atoms with Crippen molar-refractivity contribution in [3.05, 3.63) is 71.8 Å². The van der Waals surface area contributed by atoms with Crippen molar-refractivity contribution in [2.75, 3.05) is 13.7 Å². The van der Waals surface area contributed by atoms with Gasteiger partial charge in [0.15, 0.2) is 6.29 Å². The lowest BCUT2D eigenvalue weighted by atomic mass is 9.92. The van der Waals surface area contributed by atoms with Crippen LogP contribution in [-0.4, -0.2) is 49.4 Å². The molecule has 2 aromatic carbocycles. The fourth-order valence-electron chi connectivity index (χ4n) is 3.29. The summed E-state index contributed by atoms with van der Waals surface area (Å²) in [4.78, 5) is 12.2. The molecule has 2 unspecified atom stereocenters. The number of esters is 1. The number of hydrogen-bond donors (Lipinski definition) is 1. The molecule has 1 aliphatic rings. The van der Waals surface area contributed by atoms with E-state index in [0.29, 0.717) is 12.2 Å². The number of aliphatic hydroxyl groups is 1. The first kappa shape index (κ1) is 20.5. The normalized spacial score (nSPS) is 27.3. The molecule has 0 radical (unpaired) electrons. The number of carbonyl (C=O) groups excluding carboxylic acids is 1. The lowest BCUT2D eigenvalue weighted by Gasteiger charge is -2.42. The van der Waals surface area contributed by atoms with Gasteiger partial charge in [0.05, 0.1) is 18.3 Å². The van der Waals surface area contributed by atoms with E-state index in [0.717, 1.165) is 5.56 Å². The molecule has 6 nitrogen and oxygen atoms in total. The molecule has 28 heavy (non-hydrogen) atoms. The predicted molar refractivity (Wildman–Crippen MR) is 103 cm³/mol. The molecule has 1 saturated heterocycles. The van der Waals surface area contributed by atoms with Crippen LogP contribution in [0.2, 0.25) is 0 Å². The maximum Gasteiger partial charge on any atom is 0.338 e. The maximum atomic E-state index is 12.2. The molecule has 0 bridgehead atoms. The van der Waals surface area contributed by atoms with Gasteiger partial charge in [-0.15, -0.1) is 0 Å². The fraction of sp³-hybridized carbons (Fsp3) is 0.409. The Hall–Kier alpha value is -2.25. The van der Waals surface area contributed by atoms with Crippen LogP contribution in [0.25, 0.3) is 0 Å². The predicted octanol–water partition coefficient (Wildman–Crippen LogP) is 2.80. The lowest BCUT2D eigenvalue weighted by Crippen LogP contribution is -2.56. The van der Waals surface area contributed by atoms with E-state index in [-0.39, 0.29) is 12.5 Å². The number of ether oxygens (including phenoxy) is 4. The van der Waals surface area contributed by atoms with Crippen molar-refractivity contribution in [3.63, 3.8) is 0 Å². The third kappa shape index (κ3) is 4.97. The van der Waals surface area contributed by atoms with E-state index in [4.69, 9.17) is 18.9 Å². The summed E-state index contributed by atoms with van der Waals surface area (Å²) >= 11 is 0. The number of aliphatic hydroxyl groups excluding tert-OH is 1. The Labute approximate surface area is 165 Å². The van der Waals surface area contributed by atoms with E-state index in [9.17, 15) is 9.90 Å². The van der Waals surface area contributed by atoms with Gasteiger partial charge in [-0.3, -0.25) is 0 Å². The van der Waals surface area contributed by atoms with E-state index in [1.165, 1.54) is 0 Å². The molecule has 150 valence electrons. The van der Waals surface area contributed by atoms with Gasteiger partial charge in [-0.1, -0.05) is 55.5 Å². The second-order valence-corrected chi connectivity index (χ2v) is 6.85. The van der Waals surface area contributed by atoms with Crippen molar-refractivity contribution < 1.29 is 28.8 Å². The lowest BCUT2D eigenvalue weighted by molar-refractivity contribution is -0.284. The highest BCUT2D eigenvalue weighted by Crippen LogP contribution is 2.29. The highest BCUT2D eigenvalue weighted by molar-refractivity contribution is 5.89. The van der Waals surface area contributed by atoms with Crippen LogP contribution >= 0.6 is 0 Å². The molecule has 6 heteroatoms. The van der Waals surface area contributed by atoms with Crippen LogP contribution in [0.15, 0.2) is 60.7 Å². The zero-order valence-electron chi connectivity index (χ0n) is 16.1. The first-order chi connectivity index (χ1) is 13.6. The Bertz CT molecular complexity index is 735. The molecule has 0 saturated carbocycles. The summed E-state index contributed by atoms with van der Waals surface area (Å²) in [6.07, 6.45) is -2.77. The Morgan fingerprint density at radius 2 is 1.71 bits per heavy atom. The fourth-order valence-corrected chi connectivity index (χ4v) is 3.29. The number of methoxy groups -OCH3 is 1. The maximum absolute atomic E-state index is 12.2. The largest absolute Gasteiger partial charge is 0.459 e. The molecule has 0 aliphatic carbocycles. The van der Waals surface area contributed by atoms with E-state index in [1.54, 1.807) is 31.4 Å². The summed E-state index contributed by atoms with van der Waals surface area (Å²) in [7, 11) is 1.54. The van der Waals surface area contributed by atoms with Crippen LogP contribution in [0.5, 0.6) is 0 Å². The van der Waals surface area contributed by atoms with Gasteiger partial charge in [-0.05, 0) is 17.7 Å². The van der Waals surface area contributed by atoms with Gasteiger partial charge in [0.2, 0.25) is 0 Å². The monoisotopic (exact) mass is 386 g/mol. The molecule has 2 aromatic rings. The van der Waals surface area contributed by atoms with Crippen molar-refractivity contribution in [1.82, 2.24) is 0 Å². The topological polar surface area (TPSA) is 74.2 Å². The van der Waals surface area contributed by atoms with E-state index >= 15 is 0 Å². The third-order valence-electron chi connectivity index (χ3n) is 4.88. The van der Waals surface area contributed by atoms with Crippen LogP contribution in [0.1, 0.15) is 22.8 Å². The minimum Gasteiger partial charge on any atom is -0.459 e. The summed E-state index contributed by atoms with van der Waals surface area (Å²) in [5.41, 5.74) is 1.45. The minimum absolute atomic E-state index is 0.0906. The molecule has 3 rings (SSSR count). The number of rotatable bonds is 7. The molecule has 1 fully saturated rings. The number of hydrogen-bond acceptors (Lipinski definition) is 6. The average molecular weight is 386 g/mol. The summed E-state index contributed by atoms with van der Waals surface area (Å²) in [5.74, 6) is -0.657. The highest BCUT2D eigenvalue weighted by atomic mass is 16.7. The van der Waals surface area contributed by atoms with Gasteiger partial charge in [-0.2, -0.15) is 0 Å². The molecular weight excluding hydrogens is 360 g/mol. The SMILES string of the molecule is CO[C@@H]1OC(COC(=O)c2ccccc2)[C@H](O)[C@H](OCc2ccccc2)C1C. The van der Waals surface area contributed by atoms with Crippen LogP contribution in [0.3, 0.4) is 0 Å². The minimum atomic E-state index is -0.950.